The molecular formula is C15H18N2O2S. The van der Waals surface area contributed by atoms with Crippen LogP contribution in [-0.2, 0) is 10.0 Å². The van der Waals surface area contributed by atoms with Crippen LogP contribution in [0.4, 0.5) is 5.82 Å². The fourth-order valence-corrected chi connectivity index (χ4v) is 2.76. The van der Waals surface area contributed by atoms with Gasteiger partial charge in [0.05, 0.1) is 4.90 Å². The third kappa shape index (κ3) is 3.36. The van der Waals surface area contributed by atoms with E-state index in [-0.39, 0.29) is 4.90 Å². The van der Waals surface area contributed by atoms with E-state index in [0.29, 0.717) is 11.7 Å². The smallest absolute Gasteiger partial charge is 0.263 e. The number of aryl methyl sites for hydroxylation is 1. The molecule has 0 saturated carbocycles. The van der Waals surface area contributed by atoms with Gasteiger partial charge in [0.1, 0.15) is 5.82 Å². The molecule has 20 heavy (non-hydrogen) atoms. The van der Waals surface area contributed by atoms with Gasteiger partial charge in [0.15, 0.2) is 0 Å². The van der Waals surface area contributed by atoms with Crippen LogP contribution in [0.25, 0.3) is 0 Å². The minimum Gasteiger partial charge on any atom is -0.263 e. The number of sulfonamides is 1. The number of rotatable bonds is 4. The summed E-state index contributed by atoms with van der Waals surface area (Å²) in [4.78, 5) is 4.28. The van der Waals surface area contributed by atoms with Gasteiger partial charge in [0.2, 0.25) is 0 Å². The lowest BCUT2D eigenvalue weighted by atomic mass is 10.0. The first kappa shape index (κ1) is 14.5. The highest BCUT2D eigenvalue weighted by molar-refractivity contribution is 7.92. The third-order valence-corrected chi connectivity index (χ3v) is 4.38. The summed E-state index contributed by atoms with van der Waals surface area (Å²) >= 11 is 0. The summed E-state index contributed by atoms with van der Waals surface area (Å²) in [5, 5.41) is 0. The fourth-order valence-electron chi connectivity index (χ4n) is 1.76. The van der Waals surface area contributed by atoms with Gasteiger partial charge in [-0.05, 0) is 42.2 Å². The number of benzene rings is 1. The maximum Gasteiger partial charge on any atom is 0.263 e. The van der Waals surface area contributed by atoms with Crippen molar-refractivity contribution >= 4 is 15.8 Å². The van der Waals surface area contributed by atoms with Crippen molar-refractivity contribution in [3.63, 3.8) is 0 Å². The Hall–Kier alpha value is -1.88. The van der Waals surface area contributed by atoms with Crippen LogP contribution in [0.1, 0.15) is 30.9 Å². The molecule has 0 aliphatic carbocycles. The number of hydrogen-bond donors (Lipinski definition) is 1. The highest BCUT2D eigenvalue weighted by Gasteiger charge is 2.14. The van der Waals surface area contributed by atoms with Crippen LogP contribution in [0.15, 0.2) is 47.5 Å². The average molecular weight is 290 g/mol. The van der Waals surface area contributed by atoms with Crippen molar-refractivity contribution in [2.24, 2.45) is 0 Å². The molecule has 106 valence electrons. The first-order valence-corrected chi connectivity index (χ1v) is 7.92. The number of nitrogens with one attached hydrogen (secondary N) is 1. The predicted octanol–water partition coefficient (Wildman–Crippen LogP) is 3.31. The van der Waals surface area contributed by atoms with E-state index in [2.05, 4.69) is 23.6 Å². The molecule has 0 aliphatic heterocycles. The first-order chi connectivity index (χ1) is 9.38. The Morgan fingerprint density at radius 1 is 1.05 bits per heavy atom. The number of anilines is 1. The first-order valence-electron chi connectivity index (χ1n) is 6.44. The van der Waals surface area contributed by atoms with Crippen LogP contribution in [0.5, 0.6) is 0 Å². The van der Waals surface area contributed by atoms with Crippen LogP contribution in [0, 0.1) is 6.92 Å². The lowest BCUT2D eigenvalue weighted by Crippen LogP contribution is -2.13. The van der Waals surface area contributed by atoms with Gasteiger partial charge in [0, 0.05) is 6.20 Å². The molecule has 1 aromatic heterocycles. The quantitative estimate of drug-likeness (QED) is 0.939. The van der Waals surface area contributed by atoms with Crippen molar-refractivity contribution in [2.75, 3.05) is 4.72 Å². The van der Waals surface area contributed by atoms with Crippen molar-refractivity contribution in [1.82, 2.24) is 4.98 Å². The second-order valence-corrected chi connectivity index (χ2v) is 6.73. The Kier molecular flexibility index (Phi) is 4.09. The van der Waals surface area contributed by atoms with Crippen molar-refractivity contribution in [1.29, 1.82) is 0 Å². The molecule has 1 aromatic carbocycles. The van der Waals surface area contributed by atoms with Crippen LogP contribution in [0.3, 0.4) is 0 Å². The van der Waals surface area contributed by atoms with Crippen LogP contribution in [0.2, 0.25) is 0 Å². The molecule has 0 aliphatic rings. The maximum atomic E-state index is 12.2. The molecule has 1 N–H and O–H groups in total. The van der Waals surface area contributed by atoms with Gasteiger partial charge in [-0.15, -0.1) is 0 Å². The summed E-state index contributed by atoms with van der Waals surface area (Å²) in [6, 6.07) is 10.4. The van der Waals surface area contributed by atoms with E-state index >= 15 is 0 Å². The van der Waals surface area contributed by atoms with E-state index in [1.807, 2.05) is 25.1 Å². The molecule has 2 rings (SSSR count). The van der Waals surface area contributed by atoms with Crippen molar-refractivity contribution in [3.8, 4) is 0 Å². The molecule has 2 aromatic rings. The molecule has 0 saturated heterocycles. The molecule has 0 radical (unpaired) electrons. The molecule has 1 heterocycles. The Morgan fingerprint density at radius 2 is 1.70 bits per heavy atom. The minimum atomic E-state index is -3.58. The molecule has 0 amide bonds. The van der Waals surface area contributed by atoms with Crippen molar-refractivity contribution in [2.45, 2.75) is 31.6 Å². The summed E-state index contributed by atoms with van der Waals surface area (Å²) in [6.45, 7) is 6.03. The normalized spacial score (nSPS) is 11.6. The van der Waals surface area contributed by atoms with E-state index in [9.17, 15) is 8.42 Å². The average Bonchev–Trinajstić information content (AvgIpc) is 2.41. The standard InChI is InChI=1S/C15H18N2O2S/c1-11(2)13-5-7-14(8-6-13)20(18,19)17-15-9-4-12(3)10-16-15/h4-11H,1-3H3,(H,16,17). The number of hydrogen-bond acceptors (Lipinski definition) is 3. The van der Waals surface area contributed by atoms with Gasteiger partial charge < -0.3 is 0 Å². The van der Waals surface area contributed by atoms with E-state index in [0.717, 1.165) is 11.1 Å². The largest absolute Gasteiger partial charge is 0.263 e. The second-order valence-electron chi connectivity index (χ2n) is 5.05. The Bertz CT molecular complexity index is 675. The van der Waals surface area contributed by atoms with Crippen molar-refractivity contribution < 1.29 is 8.42 Å². The molecule has 0 fully saturated rings. The van der Waals surface area contributed by atoms with E-state index in [1.165, 1.54) is 0 Å². The predicted molar refractivity (Wildman–Crippen MR) is 80.3 cm³/mol. The highest BCUT2D eigenvalue weighted by Crippen LogP contribution is 2.19. The lowest BCUT2D eigenvalue weighted by molar-refractivity contribution is 0.601. The minimum absolute atomic E-state index is 0.240. The molecule has 4 nitrogen and oxygen atoms in total. The topological polar surface area (TPSA) is 59.1 Å². The zero-order valence-electron chi connectivity index (χ0n) is 11.8. The van der Waals surface area contributed by atoms with Gasteiger partial charge in [-0.3, -0.25) is 4.72 Å². The van der Waals surface area contributed by atoms with E-state index in [1.54, 1.807) is 24.4 Å². The third-order valence-electron chi connectivity index (χ3n) is 3.01. The van der Waals surface area contributed by atoms with Crippen LogP contribution in [-0.4, -0.2) is 13.4 Å². The van der Waals surface area contributed by atoms with Crippen LogP contribution >= 0.6 is 0 Å². The molecule has 0 unspecified atom stereocenters. The Labute approximate surface area is 119 Å². The summed E-state index contributed by atoms with van der Waals surface area (Å²) in [5.41, 5.74) is 2.09. The zero-order valence-corrected chi connectivity index (χ0v) is 12.6. The molecule has 0 atom stereocenters. The number of pyridine rings is 1. The zero-order chi connectivity index (χ0) is 14.8. The van der Waals surface area contributed by atoms with E-state index < -0.39 is 10.0 Å². The molecule has 0 bridgehead atoms. The highest BCUT2D eigenvalue weighted by atomic mass is 32.2. The Balaban J connectivity index is 2.23. The van der Waals surface area contributed by atoms with Gasteiger partial charge in [-0.25, -0.2) is 13.4 Å². The fraction of sp³-hybridized carbons (Fsp3) is 0.267. The maximum absolute atomic E-state index is 12.2. The number of nitrogens with zero attached hydrogens (tertiary/aromatic N) is 1. The molecule has 0 spiro atoms. The summed E-state index contributed by atoms with van der Waals surface area (Å²) in [7, 11) is -3.58. The van der Waals surface area contributed by atoms with Gasteiger partial charge >= 0.3 is 0 Å². The van der Waals surface area contributed by atoms with Crippen molar-refractivity contribution in [3.05, 3.63) is 53.7 Å². The SMILES string of the molecule is Cc1ccc(NS(=O)(=O)c2ccc(C(C)C)cc2)nc1. The monoisotopic (exact) mass is 290 g/mol. The van der Waals surface area contributed by atoms with E-state index in [4.69, 9.17) is 0 Å². The summed E-state index contributed by atoms with van der Waals surface area (Å²) in [5.74, 6) is 0.696. The Morgan fingerprint density at radius 3 is 2.20 bits per heavy atom. The number of aromatic nitrogens is 1. The van der Waals surface area contributed by atoms with Crippen LogP contribution < -0.4 is 4.72 Å². The van der Waals surface area contributed by atoms with Gasteiger partial charge in [-0.1, -0.05) is 32.0 Å². The summed E-state index contributed by atoms with van der Waals surface area (Å²) < 4.78 is 26.9. The van der Waals surface area contributed by atoms with Gasteiger partial charge in [0.25, 0.3) is 10.0 Å². The lowest BCUT2D eigenvalue weighted by Gasteiger charge is -2.09. The van der Waals surface area contributed by atoms with Gasteiger partial charge in [-0.2, -0.15) is 0 Å². The second kappa shape index (κ2) is 5.63. The summed E-state index contributed by atoms with van der Waals surface area (Å²) in [6.07, 6.45) is 1.62. The molecular weight excluding hydrogens is 272 g/mol. The molecule has 5 heteroatoms.